The first kappa shape index (κ1) is 10.1. The monoisotopic (exact) mass is 210 g/mol. The SMILES string of the molecule is CC1CNCC1CNCc1ccsc1. The summed E-state index contributed by atoms with van der Waals surface area (Å²) >= 11 is 1.77. The van der Waals surface area contributed by atoms with Crippen LogP contribution in [0.25, 0.3) is 0 Å². The Hall–Kier alpha value is -0.380. The van der Waals surface area contributed by atoms with Gasteiger partial charge >= 0.3 is 0 Å². The van der Waals surface area contributed by atoms with Gasteiger partial charge in [0.15, 0.2) is 0 Å². The second-order valence-corrected chi connectivity index (χ2v) is 4.94. The fraction of sp³-hybridized carbons (Fsp3) is 0.636. The van der Waals surface area contributed by atoms with Gasteiger partial charge in [-0.05, 0) is 53.9 Å². The number of hydrogen-bond acceptors (Lipinski definition) is 3. The van der Waals surface area contributed by atoms with Crippen molar-refractivity contribution < 1.29 is 0 Å². The molecule has 0 radical (unpaired) electrons. The minimum absolute atomic E-state index is 0.814. The average Bonchev–Trinajstić information content (AvgIpc) is 2.78. The van der Waals surface area contributed by atoms with Crippen LogP contribution >= 0.6 is 11.3 Å². The van der Waals surface area contributed by atoms with Crippen LogP contribution in [0.15, 0.2) is 16.8 Å². The average molecular weight is 210 g/mol. The van der Waals surface area contributed by atoms with Crippen molar-refractivity contribution in [1.82, 2.24) is 10.6 Å². The molecule has 2 atom stereocenters. The molecule has 2 N–H and O–H groups in total. The van der Waals surface area contributed by atoms with Gasteiger partial charge in [-0.1, -0.05) is 6.92 Å². The lowest BCUT2D eigenvalue weighted by molar-refractivity contribution is 0.420. The van der Waals surface area contributed by atoms with E-state index in [0.717, 1.165) is 24.9 Å². The maximum absolute atomic E-state index is 3.53. The zero-order chi connectivity index (χ0) is 9.80. The molecule has 2 heterocycles. The Morgan fingerprint density at radius 2 is 2.50 bits per heavy atom. The molecule has 78 valence electrons. The third kappa shape index (κ3) is 2.56. The third-order valence-electron chi connectivity index (χ3n) is 2.99. The van der Waals surface area contributed by atoms with Crippen molar-refractivity contribution in [2.24, 2.45) is 11.8 Å². The van der Waals surface area contributed by atoms with E-state index in [1.54, 1.807) is 11.3 Å². The summed E-state index contributed by atoms with van der Waals surface area (Å²) in [5, 5.41) is 11.3. The van der Waals surface area contributed by atoms with E-state index >= 15 is 0 Å². The van der Waals surface area contributed by atoms with Crippen LogP contribution in [0, 0.1) is 11.8 Å². The number of rotatable bonds is 4. The van der Waals surface area contributed by atoms with E-state index in [1.165, 1.54) is 18.7 Å². The first-order valence-corrected chi connectivity index (χ1v) is 6.23. The quantitative estimate of drug-likeness (QED) is 0.790. The van der Waals surface area contributed by atoms with Crippen molar-refractivity contribution in [3.05, 3.63) is 22.4 Å². The fourth-order valence-electron chi connectivity index (χ4n) is 1.93. The van der Waals surface area contributed by atoms with Gasteiger partial charge < -0.3 is 10.6 Å². The zero-order valence-electron chi connectivity index (χ0n) is 8.62. The highest BCUT2D eigenvalue weighted by atomic mass is 32.1. The van der Waals surface area contributed by atoms with Crippen LogP contribution in [0.1, 0.15) is 12.5 Å². The Kier molecular flexibility index (Phi) is 3.56. The minimum Gasteiger partial charge on any atom is -0.316 e. The van der Waals surface area contributed by atoms with Crippen LogP contribution in [0.5, 0.6) is 0 Å². The molecule has 2 rings (SSSR count). The Bertz CT molecular complexity index is 258. The van der Waals surface area contributed by atoms with Crippen LogP contribution in [0.3, 0.4) is 0 Å². The standard InChI is InChI=1S/C11H18N2S/c1-9-4-12-6-11(9)7-13-5-10-2-3-14-8-10/h2-3,8-9,11-13H,4-7H2,1H3. The largest absolute Gasteiger partial charge is 0.316 e. The Labute approximate surface area is 89.7 Å². The maximum atomic E-state index is 3.53. The Morgan fingerprint density at radius 1 is 1.57 bits per heavy atom. The van der Waals surface area contributed by atoms with Crippen molar-refractivity contribution in [2.75, 3.05) is 19.6 Å². The molecule has 1 aromatic heterocycles. The van der Waals surface area contributed by atoms with Gasteiger partial charge in [-0.2, -0.15) is 11.3 Å². The summed E-state index contributed by atoms with van der Waals surface area (Å²) in [6.45, 7) is 6.86. The second-order valence-electron chi connectivity index (χ2n) is 4.16. The molecule has 0 amide bonds. The predicted octanol–water partition coefficient (Wildman–Crippen LogP) is 1.69. The van der Waals surface area contributed by atoms with Gasteiger partial charge in [-0.25, -0.2) is 0 Å². The van der Waals surface area contributed by atoms with Crippen LogP contribution in [-0.4, -0.2) is 19.6 Å². The van der Waals surface area contributed by atoms with Crippen LogP contribution in [-0.2, 0) is 6.54 Å². The highest BCUT2D eigenvalue weighted by Crippen LogP contribution is 2.14. The molecule has 0 aromatic carbocycles. The smallest absolute Gasteiger partial charge is 0.0213 e. The van der Waals surface area contributed by atoms with Gasteiger partial charge in [0, 0.05) is 6.54 Å². The first-order valence-electron chi connectivity index (χ1n) is 5.29. The molecule has 2 unspecified atom stereocenters. The molecule has 1 aromatic rings. The molecule has 0 bridgehead atoms. The molecule has 1 saturated heterocycles. The Morgan fingerprint density at radius 3 is 3.14 bits per heavy atom. The Balaban J connectivity index is 1.68. The van der Waals surface area contributed by atoms with Crippen molar-refractivity contribution in [2.45, 2.75) is 13.5 Å². The van der Waals surface area contributed by atoms with Gasteiger partial charge in [0.1, 0.15) is 0 Å². The van der Waals surface area contributed by atoms with E-state index in [-0.39, 0.29) is 0 Å². The fourth-order valence-corrected chi connectivity index (χ4v) is 2.60. The molecule has 1 fully saturated rings. The second kappa shape index (κ2) is 4.91. The summed E-state index contributed by atoms with van der Waals surface area (Å²) in [7, 11) is 0. The van der Waals surface area contributed by atoms with Crippen molar-refractivity contribution in [3.8, 4) is 0 Å². The third-order valence-corrected chi connectivity index (χ3v) is 3.73. The highest BCUT2D eigenvalue weighted by molar-refractivity contribution is 7.07. The zero-order valence-corrected chi connectivity index (χ0v) is 9.44. The normalized spacial score (nSPS) is 26.9. The number of thiophene rings is 1. The summed E-state index contributed by atoms with van der Waals surface area (Å²) < 4.78 is 0. The first-order chi connectivity index (χ1) is 6.86. The number of nitrogens with one attached hydrogen (secondary N) is 2. The summed E-state index contributed by atoms with van der Waals surface area (Å²) in [5.41, 5.74) is 1.41. The van der Waals surface area contributed by atoms with E-state index in [4.69, 9.17) is 0 Å². The molecule has 0 spiro atoms. The van der Waals surface area contributed by atoms with Crippen molar-refractivity contribution in [1.29, 1.82) is 0 Å². The summed E-state index contributed by atoms with van der Waals surface area (Å²) in [5.74, 6) is 1.64. The molecule has 1 aliphatic heterocycles. The lowest BCUT2D eigenvalue weighted by Crippen LogP contribution is -2.26. The maximum Gasteiger partial charge on any atom is 0.0213 e. The molecule has 3 heteroatoms. The molecule has 2 nitrogen and oxygen atoms in total. The van der Waals surface area contributed by atoms with E-state index in [2.05, 4.69) is 34.4 Å². The van der Waals surface area contributed by atoms with Crippen LogP contribution in [0.4, 0.5) is 0 Å². The summed E-state index contributed by atoms with van der Waals surface area (Å²) in [6, 6.07) is 2.19. The van der Waals surface area contributed by atoms with E-state index in [9.17, 15) is 0 Å². The van der Waals surface area contributed by atoms with Crippen LogP contribution in [0.2, 0.25) is 0 Å². The molecule has 0 saturated carbocycles. The molecular weight excluding hydrogens is 192 g/mol. The lowest BCUT2D eigenvalue weighted by atomic mass is 9.98. The highest BCUT2D eigenvalue weighted by Gasteiger charge is 2.21. The lowest BCUT2D eigenvalue weighted by Gasteiger charge is -2.14. The summed E-state index contributed by atoms with van der Waals surface area (Å²) in [4.78, 5) is 0. The predicted molar refractivity (Wildman–Crippen MR) is 61.5 cm³/mol. The topological polar surface area (TPSA) is 24.1 Å². The van der Waals surface area contributed by atoms with Gasteiger partial charge in [0.05, 0.1) is 0 Å². The van der Waals surface area contributed by atoms with Gasteiger partial charge in [-0.3, -0.25) is 0 Å². The van der Waals surface area contributed by atoms with Gasteiger partial charge in [0.25, 0.3) is 0 Å². The van der Waals surface area contributed by atoms with E-state index < -0.39 is 0 Å². The molecule has 1 aliphatic rings. The van der Waals surface area contributed by atoms with E-state index in [1.807, 2.05) is 0 Å². The molecular formula is C11H18N2S. The van der Waals surface area contributed by atoms with E-state index in [0.29, 0.717) is 0 Å². The molecule has 0 aliphatic carbocycles. The number of hydrogen-bond donors (Lipinski definition) is 2. The van der Waals surface area contributed by atoms with Gasteiger partial charge in [-0.15, -0.1) is 0 Å². The molecule has 14 heavy (non-hydrogen) atoms. The van der Waals surface area contributed by atoms with Gasteiger partial charge in [0.2, 0.25) is 0 Å². The summed E-state index contributed by atoms with van der Waals surface area (Å²) in [6.07, 6.45) is 0. The van der Waals surface area contributed by atoms with Crippen molar-refractivity contribution >= 4 is 11.3 Å². The minimum atomic E-state index is 0.814. The van der Waals surface area contributed by atoms with Crippen LogP contribution < -0.4 is 10.6 Å². The van der Waals surface area contributed by atoms with Crippen molar-refractivity contribution in [3.63, 3.8) is 0 Å².